The van der Waals surface area contributed by atoms with Gasteiger partial charge in [0, 0.05) is 18.1 Å². The molecule has 1 aromatic carbocycles. The third kappa shape index (κ3) is 3.12. The highest BCUT2D eigenvalue weighted by Crippen LogP contribution is 2.11. The number of amides is 1. The minimum absolute atomic E-state index is 0.190. The maximum absolute atomic E-state index is 11.8. The Balaban J connectivity index is 1.70. The summed E-state index contributed by atoms with van der Waals surface area (Å²) < 4.78 is 1.93. The normalized spacial score (nSPS) is 11.4. The first kappa shape index (κ1) is 14.2. The van der Waals surface area contributed by atoms with E-state index in [0.717, 1.165) is 17.0 Å². The molecule has 6 heteroatoms. The van der Waals surface area contributed by atoms with Crippen LogP contribution in [0, 0.1) is 0 Å². The first-order chi connectivity index (χ1) is 10.7. The van der Waals surface area contributed by atoms with E-state index in [4.69, 9.17) is 0 Å². The van der Waals surface area contributed by atoms with Crippen molar-refractivity contribution in [1.82, 2.24) is 15.0 Å². The zero-order valence-electron chi connectivity index (χ0n) is 11.9. The van der Waals surface area contributed by atoms with Crippen molar-refractivity contribution in [3.8, 4) is 5.69 Å². The van der Waals surface area contributed by atoms with Gasteiger partial charge in [0.05, 0.1) is 16.9 Å². The van der Waals surface area contributed by atoms with E-state index in [1.807, 2.05) is 53.4 Å². The van der Waals surface area contributed by atoms with Gasteiger partial charge >= 0.3 is 0 Å². The molecular weight excluding hydrogens is 296 g/mol. The molecule has 22 heavy (non-hydrogen) atoms. The highest BCUT2D eigenvalue weighted by Gasteiger charge is 2.05. The minimum Gasteiger partial charge on any atom is -0.306 e. The molecule has 1 amide bonds. The molecule has 0 atom stereocenters. The second kappa shape index (κ2) is 6.36. The first-order valence-corrected chi connectivity index (χ1v) is 7.59. The van der Waals surface area contributed by atoms with Crippen molar-refractivity contribution in [2.24, 2.45) is 5.10 Å². The van der Waals surface area contributed by atoms with Crippen LogP contribution < -0.4 is 5.43 Å². The Labute approximate surface area is 131 Å². The van der Waals surface area contributed by atoms with Crippen LogP contribution in [0.4, 0.5) is 0 Å². The molecule has 1 N–H and O–H groups in total. The molecule has 2 aromatic heterocycles. The summed E-state index contributed by atoms with van der Waals surface area (Å²) in [6.07, 6.45) is 5.37. The summed E-state index contributed by atoms with van der Waals surface area (Å²) in [5, 5.41) is 6.01. The van der Waals surface area contributed by atoms with Gasteiger partial charge in [-0.15, -0.1) is 11.3 Å². The van der Waals surface area contributed by atoms with E-state index in [0.29, 0.717) is 4.88 Å². The maximum atomic E-state index is 11.8. The highest BCUT2D eigenvalue weighted by molar-refractivity contribution is 7.12. The van der Waals surface area contributed by atoms with E-state index in [1.165, 1.54) is 11.3 Å². The van der Waals surface area contributed by atoms with Crippen molar-refractivity contribution in [2.75, 3.05) is 0 Å². The lowest BCUT2D eigenvalue weighted by molar-refractivity contribution is 0.0959. The van der Waals surface area contributed by atoms with Gasteiger partial charge in [0.25, 0.3) is 5.91 Å². The van der Waals surface area contributed by atoms with Gasteiger partial charge in [-0.3, -0.25) is 4.79 Å². The molecule has 0 spiro atoms. The largest absolute Gasteiger partial charge is 0.306 e. The van der Waals surface area contributed by atoms with Gasteiger partial charge in [-0.25, -0.2) is 10.4 Å². The smallest absolute Gasteiger partial charge is 0.281 e. The third-order valence-electron chi connectivity index (χ3n) is 3.16. The fourth-order valence-corrected chi connectivity index (χ4v) is 2.56. The summed E-state index contributed by atoms with van der Waals surface area (Å²) in [5.41, 5.74) is 5.30. The van der Waals surface area contributed by atoms with Crippen LogP contribution in [-0.4, -0.2) is 21.2 Å². The van der Waals surface area contributed by atoms with Gasteiger partial charge in [-0.1, -0.05) is 18.2 Å². The zero-order chi connectivity index (χ0) is 15.4. The van der Waals surface area contributed by atoms with Crippen LogP contribution in [0.1, 0.15) is 22.2 Å². The van der Waals surface area contributed by atoms with Crippen molar-refractivity contribution in [2.45, 2.75) is 6.92 Å². The van der Waals surface area contributed by atoms with Gasteiger partial charge in [0.1, 0.15) is 0 Å². The van der Waals surface area contributed by atoms with Crippen molar-refractivity contribution in [1.29, 1.82) is 0 Å². The van der Waals surface area contributed by atoms with Gasteiger partial charge in [0.2, 0.25) is 0 Å². The summed E-state index contributed by atoms with van der Waals surface area (Å²) in [6.45, 7) is 1.86. The third-order valence-corrected chi connectivity index (χ3v) is 4.03. The van der Waals surface area contributed by atoms with E-state index in [1.54, 1.807) is 18.6 Å². The number of nitrogens with one attached hydrogen (secondary N) is 1. The number of aromatic nitrogens is 2. The van der Waals surface area contributed by atoms with Crippen LogP contribution in [0.25, 0.3) is 5.69 Å². The van der Waals surface area contributed by atoms with Gasteiger partial charge in [-0.05, 0) is 36.1 Å². The second-order valence-electron chi connectivity index (χ2n) is 4.63. The van der Waals surface area contributed by atoms with E-state index < -0.39 is 0 Å². The summed E-state index contributed by atoms with van der Waals surface area (Å²) >= 11 is 1.39. The molecule has 0 aliphatic carbocycles. The van der Waals surface area contributed by atoms with Crippen LogP contribution in [0.5, 0.6) is 0 Å². The predicted octanol–water partition coefficient (Wildman–Crippen LogP) is 3.09. The molecule has 0 saturated heterocycles. The Morgan fingerprint density at radius 1 is 1.27 bits per heavy atom. The van der Waals surface area contributed by atoms with E-state index in [-0.39, 0.29) is 5.91 Å². The van der Waals surface area contributed by atoms with Crippen LogP contribution in [0.15, 0.2) is 65.6 Å². The Kier molecular flexibility index (Phi) is 4.11. The Bertz CT molecular complexity index is 774. The van der Waals surface area contributed by atoms with Gasteiger partial charge in [-0.2, -0.15) is 5.10 Å². The number of imidazole rings is 1. The number of carbonyl (C=O) groups is 1. The van der Waals surface area contributed by atoms with E-state index >= 15 is 0 Å². The van der Waals surface area contributed by atoms with Crippen molar-refractivity contribution in [3.05, 3.63) is 70.9 Å². The van der Waals surface area contributed by atoms with E-state index in [9.17, 15) is 4.79 Å². The molecule has 3 aromatic rings. The standard InChI is InChI=1S/C16H14N4OS/c1-12(18-19-16(21)15-3-2-10-22-15)13-4-6-14(7-5-13)20-9-8-17-11-20/h2-11H,1H3,(H,19,21)/b18-12+. The van der Waals surface area contributed by atoms with E-state index in [2.05, 4.69) is 15.5 Å². The molecule has 0 unspecified atom stereocenters. The Morgan fingerprint density at radius 2 is 2.09 bits per heavy atom. The average Bonchev–Trinajstić information content (AvgIpc) is 3.25. The number of hydrogen-bond donors (Lipinski definition) is 1. The maximum Gasteiger partial charge on any atom is 0.281 e. The Morgan fingerprint density at radius 3 is 2.73 bits per heavy atom. The lowest BCUT2D eigenvalue weighted by atomic mass is 10.1. The number of hydrogen-bond acceptors (Lipinski definition) is 4. The summed E-state index contributed by atoms with van der Waals surface area (Å²) in [6, 6.07) is 11.5. The van der Waals surface area contributed by atoms with Crippen LogP contribution in [0.2, 0.25) is 0 Å². The highest BCUT2D eigenvalue weighted by atomic mass is 32.1. The number of thiophene rings is 1. The molecule has 2 heterocycles. The molecule has 3 rings (SSSR count). The van der Waals surface area contributed by atoms with Gasteiger partial charge in [0.15, 0.2) is 0 Å². The van der Waals surface area contributed by atoms with Crippen LogP contribution in [-0.2, 0) is 0 Å². The SMILES string of the molecule is C/C(=N\NC(=O)c1cccs1)c1ccc(-n2ccnc2)cc1. The summed E-state index contributed by atoms with van der Waals surface area (Å²) in [5.74, 6) is -0.190. The Hall–Kier alpha value is -2.73. The monoisotopic (exact) mass is 310 g/mol. The fraction of sp³-hybridized carbons (Fsp3) is 0.0625. The van der Waals surface area contributed by atoms with Crippen molar-refractivity contribution in [3.63, 3.8) is 0 Å². The minimum atomic E-state index is -0.190. The first-order valence-electron chi connectivity index (χ1n) is 6.71. The molecule has 110 valence electrons. The molecule has 0 fully saturated rings. The number of carbonyl (C=O) groups excluding carboxylic acids is 1. The topological polar surface area (TPSA) is 59.3 Å². The summed E-state index contributed by atoms with van der Waals surface area (Å²) in [7, 11) is 0. The molecular formula is C16H14N4OS. The van der Waals surface area contributed by atoms with Crippen LogP contribution in [0.3, 0.4) is 0 Å². The second-order valence-corrected chi connectivity index (χ2v) is 5.58. The van der Waals surface area contributed by atoms with Crippen molar-refractivity contribution >= 4 is 23.0 Å². The van der Waals surface area contributed by atoms with Crippen molar-refractivity contribution < 1.29 is 4.79 Å². The number of benzene rings is 1. The predicted molar refractivity (Wildman–Crippen MR) is 87.6 cm³/mol. The number of hydrazone groups is 1. The van der Waals surface area contributed by atoms with Crippen LogP contribution >= 0.6 is 11.3 Å². The molecule has 0 aliphatic heterocycles. The molecule has 0 bridgehead atoms. The molecule has 5 nitrogen and oxygen atoms in total. The lowest BCUT2D eigenvalue weighted by Crippen LogP contribution is -2.18. The summed E-state index contributed by atoms with van der Waals surface area (Å²) in [4.78, 5) is 16.5. The molecule has 0 aliphatic rings. The number of nitrogens with zero attached hydrogens (tertiary/aromatic N) is 3. The quantitative estimate of drug-likeness (QED) is 0.594. The average molecular weight is 310 g/mol. The molecule has 0 saturated carbocycles. The fourth-order valence-electron chi connectivity index (χ4n) is 1.95. The molecule has 0 radical (unpaired) electrons. The number of rotatable bonds is 4. The van der Waals surface area contributed by atoms with Gasteiger partial charge < -0.3 is 4.57 Å². The lowest BCUT2D eigenvalue weighted by Gasteiger charge is -2.05. The zero-order valence-corrected chi connectivity index (χ0v) is 12.7.